The van der Waals surface area contributed by atoms with E-state index in [0.717, 1.165) is 16.5 Å². The number of benzene rings is 2. The first-order valence-corrected chi connectivity index (χ1v) is 8.09. The Balaban J connectivity index is 1.73. The fourth-order valence-corrected chi connectivity index (χ4v) is 2.91. The summed E-state index contributed by atoms with van der Waals surface area (Å²) in [6.07, 6.45) is 0.157. The van der Waals surface area contributed by atoms with E-state index in [-0.39, 0.29) is 11.8 Å². The summed E-state index contributed by atoms with van der Waals surface area (Å²) in [5.41, 5.74) is 2.34. The molecule has 0 fully saturated rings. The molecule has 1 aromatic heterocycles. The van der Waals surface area contributed by atoms with E-state index in [1.54, 1.807) is 6.92 Å². The second kappa shape index (κ2) is 7.27. The van der Waals surface area contributed by atoms with Crippen LogP contribution in [0.3, 0.4) is 0 Å². The smallest absolute Gasteiger partial charge is 0.272 e. The number of aromatic amines is 1. The number of hydrogen-bond donors (Lipinski definition) is 3. The molecule has 0 radical (unpaired) electrons. The highest BCUT2D eigenvalue weighted by Crippen LogP contribution is 2.21. The van der Waals surface area contributed by atoms with Gasteiger partial charge < -0.3 is 10.4 Å². The Bertz CT molecular complexity index is 812. The highest BCUT2D eigenvalue weighted by Gasteiger charge is 2.18. The molecule has 1 heterocycles. The van der Waals surface area contributed by atoms with E-state index in [9.17, 15) is 9.90 Å². The maximum atomic E-state index is 12.5. The number of carbonyl (C=O) groups excluding carboxylic acids is 1. The molecule has 5 heteroatoms. The third kappa shape index (κ3) is 3.63. The molecule has 24 heavy (non-hydrogen) atoms. The van der Waals surface area contributed by atoms with Crippen LogP contribution in [0.4, 0.5) is 0 Å². The Morgan fingerprint density at radius 1 is 1.17 bits per heavy atom. The molecule has 0 spiro atoms. The van der Waals surface area contributed by atoms with Crippen molar-refractivity contribution in [3.63, 3.8) is 0 Å². The first-order chi connectivity index (χ1) is 11.6. The number of rotatable bonds is 6. The van der Waals surface area contributed by atoms with E-state index in [2.05, 4.69) is 15.5 Å². The van der Waals surface area contributed by atoms with Crippen molar-refractivity contribution in [2.24, 2.45) is 0 Å². The molecule has 3 rings (SSSR count). The summed E-state index contributed by atoms with van der Waals surface area (Å²) in [7, 11) is 0. The Labute approximate surface area is 140 Å². The summed E-state index contributed by atoms with van der Waals surface area (Å²) < 4.78 is 0. The summed E-state index contributed by atoms with van der Waals surface area (Å²) in [6, 6.07) is 17.5. The summed E-state index contributed by atoms with van der Waals surface area (Å²) in [5, 5.41) is 20.5. The monoisotopic (exact) mass is 323 g/mol. The van der Waals surface area contributed by atoms with E-state index in [1.807, 2.05) is 54.6 Å². The fourth-order valence-electron chi connectivity index (χ4n) is 2.91. The number of nitrogens with zero attached hydrogens (tertiary/aromatic N) is 1. The average Bonchev–Trinajstić information content (AvgIpc) is 3.03. The Morgan fingerprint density at radius 2 is 1.88 bits per heavy atom. The number of hydrogen-bond acceptors (Lipinski definition) is 3. The van der Waals surface area contributed by atoms with Gasteiger partial charge in [-0.3, -0.25) is 9.89 Å². The Kier molecular flexibility index (Phi) is 4.91. The van der Waals surface area contributed by atoms with Crippen LogP contribution in [0, 0.1) is 0 Å². The van der Waals surface area contributed by atoms with E-state index in [4.69, 9.17) is 0 Å². The summed E-state index contributed by atoms with van der Waals surface area (Å²) in [6.45, 7) is 2.22. The quantitative estimate of drug-likeness (QED) is 0.653. The fraction of sp³-hybridized carbons (Fsp3) is 0.263. The highest BCUT2D eigenvalue weighted by molar-refractivity contribution is 6.04. The lowest BCUT2D eigenvalue weighted by Crippen LogP contribution is -2.30. The van der Waals surface area contributed by atoms with Gasteiger partial charge in [0.1, 0.15) is 0 Å². The van der Waals surface area contributed by atoms with Crippen molar-refractivity contribution in [2.45, 2.75) is 25.4 Å². The molecule has 1 amide bonds. The van der Waals surface area contributed by atoms with Crippen molar-refractivity contribution in [1.82, 2.24) is 15.5 Å². The molecule has 0 saturated heterocycles. The number of nitrogens with one attached hydrogen (secondary N) is 2. The molecule has 0 aliphatic carbocycles. The Morgan fingerprint density at radius 3 is 2.62 bits per heavy atom. The molecular weight excluding hydrogens is 302 g/mol. The lowest BCUT2D eigenvalue weighted by atomic mass is 9.93. The maximum Gasteiger partial charge on any atom is 0.272 e. The number of para-hydroxylation sites is 1. The molecule has 2 aromatic carbocycles. The van der Waals surface area contributed by atoms with Crippen LogP contribution in [0.1, 0.15) is 35.3 Å². The predicted octanol–water partition coefficient (Wildman–Crippen LogP) is 2.85. The van der Waals surface area contributed by atoms with Gasteiger partial charge in [-0.25, -0.2) is 0 Å². The van der Waals surface area contributed by atoms with Gasteiger partial charge >= 0.3 is 0 Å². The van der Waals surface area contributed by atoms with Crippen molar-refractivity contribution in [2.75, 3.05) is 6.54 Å². The number of aliphatic hydroxyl groups is 1. The zero-order valence-corrected chi connectivity index (χ0v) is 13.6. The highest BCUT2D eigenvalue weighted by atomic mass is 16.3. The van der Waals surface area contributed by atoms with Gasteiger partial charge in [0.25, 0.3) is 5.91 Å². The third-order valence-corrected chi connectivity index (χ3v) is 4.09. The second-order valence-electron chi connectivity index (χ2n) is 6.02. The van der Waals surface area contributed by atoms with Crippen LogP contribution < -0.4 is 5.32 Å². The number of aliphatic hydroxyl groups excluding tert-OH is 1. The standard InChI is InChI=1S/C19H21N3O2/c1-13(23)11-15(14-7-3-2-4-8-14)12-20-19(24)18-16-9-5-6-10-17(16)21-22-18/h2-10,13,15,23H,11-12H2,1H3,(H,20,24)(H,21,22). The molecule has 0 aliphatic rings. The molecule has 0 bridgehead atoms. The van der Waals surface area contributed by atoms with Gasteiger partial charge in [-0.1, -0.05) is 48.5 Å². The molecule has 3 aromatic rings. The van der Waals surface area contributed by atoms with Crippen molar-refractivity contribution < 1.29 is 9.90 Å². The minimum Gasteiger partial charge on any atom is -0.393 e. The van der Waals surface area contributed by atoms with Gasteiger partial charge in [0.05, 0.1) is 11.6 Å². The van der Waals surface area contributed by atoms with Crippen molar-refractivity contribution in [3.8, 4) is 0 Å². The van der Waals surface area contributed by atoms with E-state index >= 15 is 0 Å². The van der Waals surface area contributed by atoms with Crippen LogP contribution in [0.5, 0.6) is 0 Å². The molecule has 2 unspecified atom stereocenters. The van der Waals surface area contributed by atoms with Gasteiger partial charge in [0.2, 0.25) is 0 Å². The number of fused-ring (bicyclic) bond motifs is 1. The van der Waals surface area contributed by atoms with Crippen LogP contribution in [-0.2, 0) is 0 Å². The van der Waals surface area contributed by atoms with Gasteiger partial charge in [-0.2, -0.15) is 5.10 Å². The van der Waals surface area contributed by atoms with Gasteiger partial charge in [0.15, 0.2) is 5.69 Å². The minimum absolute atomic E-state index is 0.0559. The number of H-pyrrole nitrogens is 1. The molecule has 5 nitrogen and oxygen atoms in total. The van der Waals surface area contributed by atoms with E-state index in [0.29, 0.717) is 18.7 Å². The van der Waals surface area contributed by atoms with Crippen LogP contribution >= 0.6 is 0 Å². The van der Waals surface area contributed by atoms with Gasteiger partial charge in [0, 0.05) is 17.8 Å². The Hall–Kier alpha value is -2.66. The number of aromatic nitrogens is 2. The minimum atomic E-state index is -0.432. The summed E-state index contributed by atoms with van der Waals surface area (Å²) >= 11 is 0. The molecule has 0 aliphatic heterocycles. The van der Waals surface area contributed by atoms with Crippen LogP contribution in [0.15, 0.2) is 54.6 Å². The summed E-state index contributed by atoms with van der Waals surface area (Å²) in [4.78, 5) is 12.5. The first-order valence-electron chi connectivity index (χ1n) is 8.09. The normalized spacial score (nSPS) is 13.6. The lowest BCUT2D eigenvalue weighted by molar-refractivity contribution is 0.0942. The van der Waals surface area contributed by atoms with E-state index in [1.165, 1.54) is 0 Å². The SMILES string of the molecule is CC(O)CC(CNC(=O)c1n[nH]c2ccccc12)c1ccccc1. The number of amides is 1. The molecule has 124 valence electrons. The maximum absolute atomic E-state index is 12.5. The van der Waals surface area contributed by atoms with Gasteiger partial charge in [-0.05, 0) is 25.0 Å². The lowest BCUT2D eigenvalue weighted by Gasteiger charge is -2.19. The zero-order chi connectivity index (χ0) is 16.9. The second-order valence-corrected chi connectivity index (χ2v) is 6.02. The zero-order valence-electron chi connectivity index (χ0n) is 13.6. The van der Waals surface area contributed by atoms with Crippen LogP contribution in [-0.4, -0.2) is 33.9 Å². The van der Waals surface area contributed by atoms with Crippen molar-refractivity contribution in [3.05, 3.63) is 65.9 Å². The average molecular weight is 323 g/mol. The summed E-state index contributed by atoms with van der Waals surface area (Å²) in [5.74, 6) is -0.153. The van der Waals surface area contributed by atoms with Crippen LogP contribution in [0.25, 0.3) is 10.9 Å². The van der Waals surface area contributed by atoms with Crippen molar-refractivity contribution in [1.29, 1.82) is 0 Å². The first kappa shape index (κ1) is 16.2. The number of carbonyl (C=O) groups is 1. The largest absolute Gasteiger partial charge is 0.393 e. The van der Waals surface area contributed by atoms with Gasteiger partial charge in [-0.15, -0.1) is 0 Å². The van der Waals surface area contributed by atoms with Crippen LogP contribution in [0.2, 0.25) is 0 Å². The van der Waals surface area contributed by atoms with E-state index < -0.39 is 6.10 Å². The molecular formula is C19H21N3O2. The molecule has 0 saturated carbocycles. The molecule has 3 N–H and O–H groups in total. The topological polar surface area (TPSA) is 78.0 Å². The molecule has 2 atom stereocenters. The third-order valence-electron chi connectivity index (χ3n) is 4.09. The predicted molar refractivity (Wildman–Crippen MR) is 93.9 cm³/mol. The van der Waals surface area contributed by atoms with Crippen molar-refractivity contribution >= 4 is 16.8 Å².